The van der Waals surface area contributed by atoms with Crippen LogP contribution in [-0.2, 0) is 0 Å². The van der Waals surface area contributed by atoms with Crippen molar-refractivity contribution in [1.82, 2.24) is 0 Å². The summed E-state index contributed by atoms with van der Waals surface area (Å²) in [4.78, 5) is 0. The highest BCUT2D eigenvalue weighted by Gasteiger charge is 2.28. The van der Waals surface area contributed by atoms with E-state index in [4.69, 9.17) is 0 Å². The Bertz CT molecular complexity index is 357. The molecule has 0 aliphatic heterocycles. The second-order valence-electron chi connectivity index (χ2n) is 9.79. The molecule has 3 aliphatic rings. The molecule has 0 spiro atoms. The van der Waals surface area contributed by atoms with E-state index in [2.05, 4.69) is 26.0 Å². The predicted octanol–water partition coefficient (Wildman–Crippen LogP) is 7.78. The quantitative estimate of drug-likeness (QED) is 0.451. The summed E-state index contributed by atoms with van der Waals surface area (Å²) in [5, 5.41) is 0. The molecule has 0 aromatic heterocycles. The zero-order valence-electron chi connectivity index (χ0n) is 16.5. The van der Waals surface area contributed by atoms with Gasteiger partial charge in [-0.25, -0.2) is 0 Å². The van der Waals surface area contributed by atoms with Crippen molar-refractivity contribution < 1.29 is 0 Å². The second-order valence-corrected chi connectivity index (χ2v) is 9.79. The van der Waals surface area contributed by atoms with Crippen LogP contribution in [0.15, 0.2) is 12.2 Å². The van der Waals surface area contributed by atoms with Gasteiger partial charge in [-0.05, 0) is 81.0 Å². The second kappa shape index (κ2) is 9.44. The SMILES string of the molecule is C/C=C/C1CCC(CC2CCC(CC3CCC(C)CC3)CC2)CC1. The highest BCUT2D eigenvalue weighted by atomic mass is 14.3. The van der Waals surface area contributed by atoms with Gasteiger partial charge < -0.3 is 0 Å². The standard InChI is InChI=1S/C24H42/c1-3-4-20-9-11-22(12-10-20)18-24-15-13-23(14-16-24)17-21-7-5-19(2)6-8-21/h3-4,19-24H,5-18H2,1-2H3/b4-3+. The molecule has 0 heteroatoms. The van der Waals surface area contributed by atoms with E-state index in [0.29, 0.717) is 0 Å². The van der Waals surface area contributed by atoms with Gasteiger partial charge in [-0.15, -0.1) is 0 Å². The van der Waals surface area contributed by atoms with E-state index in [1.54, 1.807) is 38.5 Å². The number of hydrogen-bond acceptors (Lipinski definition) is 0. The third-order valence-corrected chi connectivity index (χ3v) is 7.79. The van der Waals surface area contributed by atoms with Crippen molar-refractivity contribution in [2.24, 2.45) is 35.5 Å². The first-order valence-corrected chi connectivity index (χ1v) is 11.4. The molecule has 0 bridgehead atoms. The van der Waals surface area contributed by atoms with Gasteiger partial charge in [0, 0.05) is 0 Å². The van der Waals surface area contributed by atoms with Gasteiger partial charge in [0.1, 0.15) is 0 Å². The normalized spacial score (nSPS) is 41.6. The molecule has 3 fully saturated rings. The highest BCUT2D eigenvalue weighted by Crippen LogP contribution is 2.41. The van der Waals surface area contributed by atoms with E-state index in [9.17, 15) is 0 Å². The van der Waals surface area contributed by atoms with Gasteiger partial charge in [0.05, 0.1) is 0 Å². The van der Waals surface area contributed by atoms with Crippen LogP contribution in [0.5, 0.6) is 0 Å². The monoisotopic (exact) mass is 330 g/mol. The Hall–Kier alpha value is -0.260. The molecule has 0 atom stereocenters. The Morgan fingerprint density at radius 2 is 0.958 bits per heavy atom. The molecule has 0 nitrogen and oxygen atoms in total. The Kier molecular flexibility index (Phi) is 7.29. The average molecular weight is 331 g/mol. The van der Waals surface area contributed by atoms with Crippen LogP contribution in [0.25, 0.3) is 0 Å². The summed E-state index contributed by atoms with van der Waals surface area (Å²) in [6.07, 6.45) is 26.1. The van der Waals surface area contributed by atoms with Gasteiger partial charge in [0.15, 0.2) is 0 Å². The molecular formula is C24H42. The predicted molar refractivity (Wildman–Crippen MR) is 106 cm³/mol. The van der Waals surface area contributed by atoms with Crippen LogP contribution in [0.1, 0.15) is 104 Å². The fraction of sp³-hybridized carbons (Fsp3) is 0.917. The Labute approximate surface area is 151 Å². The molecular weight excluding hydrogens is 288 g/mol. The molecule has 0 radical (unpaired) electrons. The maximum absolute atomic E-state index is 2.45. The summed E-state index contributed by atoms with van der Waals surface area (Å²) in [6, 6.07) is 0. The van der Waals surface area contributed by atoms with E-state index in [-0.39, 0.29) is 0 Å². The first-order valence-electron chi connectivity index (χ1n) is 11.4. The van der Waals surface area contributed by atoms with Crippen molar-refractivity contribution in [3.8, 4) is 0 Å². The van der Waals surface area contributed by atoms with Crippen molar-refractivity contribution in [3.05, 3.63) is 12.2 Å². The fourth-order valence-electron chi connectivity index (χ4n) is 6.10. The van der Waals surface area contributed by atoms with Crippen molar-refractivity contribution in [2.45, 2.75) is 104 Å². The summed E-state index contributed by atoms with van der Waals surface area (Å²) < 4.78 is 0. The van der Waals surface area contributed by atoms with E-state index < -0.39 is 0 Å². The van der Waals surface area contributed by atoms with E-state index in [1.807, 2.05) is 0 Å². The highest BCUT2D eigenvalue weighted by molar-refractivity contribution is 4.89. The Morgan fingerprint density at radius 3 is 1.38 bits per heavy atom. The third kappa shape index (κ3) is 5.63. The first kappa shape index (κ1) is 18.5. The van der Waals surface area contributed by atoms with E-state index in [1.165, 1.54) is 51.4 Å². The van der Waals surface area contributed by atoms with Crippen LogP contribution in [0, 0.1) is 35.5 Å². The van der Waals surface area contributed by atoms with E-state index >= 15 is 0 Å². The lowest BCUT2D eigenvalue weighted by molar-refractivity contribution is 0.170. The molecule has 0 aromatic rings. The number of hydrogen-bond donors (Lipinski definition) is 0. The summed E-state index contributed by atoms with van der Waals surface area (Å²) in [6.45, 7) is 4.63. The fourth-order valence-corrected chi connectivity index (χ4v) is 6.10. The van der Waals surface area contributed by atoms with Crippen LogP contribution in [0.2, 0.25) is 0 Å². The van der Waals surface area contributed by atoms with Gasteiger partial charge in [-0.3, -0.25) is 0 Å². The molecule has 0 aromatic carbocycles. The summed E-state index contributed by atoms with van der Waals surface area (Å²) in [5.74, 6) is 6.23. The average Bonchev–Trinajstić information content (AvgIpc) is 2.61. The van der Waals surface area contributed by atoms with Gasteiger partial charge in [-0.1, -0.05) is 70.4 Å². The molecule has 138 valence electrons. The lowest BCUT2D eigenvalue weighted by atomic mass is 9.70. The summed E-state index contributed by atoms with van der Waals surface area (Å²) in [7, 11) is 0. The van der Waals surface area contributed by atoms with Crippen LogP contribution < -0.4 is 0 Å². The van der Waals surface area contributed by atoms with Crippen LogP contribution in [0.3, 0.4) is 0 Å². The molecule has 3 rings (SSSR count). The zero-order valence-corrected chi connectivity index (χ0v) is 16.5. The maximum atomic E-state index is 2.45. The van der Waals surface area contributed by atoms with Gasteiger partial charge >= 0.3 is 0 Å². The minimum atomic E-state index is 0.903. The van der Waals surface area contributed by atoms with Gasteiger partial charge in [0.2, 0.25) is 0 Å². The van der Waals surface area contributed by atoms with E-state index in [0.717, 1.165) is 35.5 Å². The number of rotatable bonds is 5. The van der Waals surface area contributed by atoms with Gasteiger partial charge in [-0.2, -0.15) is 0 Å². The molecule has 0 N–H and O–H groups in total. The van der Waals surface area contributed by atoms with Gasteiger partial charge in [0.25, 0.3) is 0 Å². The third-order valence-electron chi connectivity index (χ3n) is 7.79. The summed E-state index contributed by atoms with van der Waals surface area (Å²) >= 11 is 0. The molecule has 0 unspecified atom stereocenters. The molecule has 0 saturated heterocycles. The van der Waals surface area contributed by atoms with Crippen LogP contribution in [-0.4, -0.2) is 0 Å². The van der Waals surface area contributed by atoms with Crippen molar-refractivity contribution >= 4 is 0 Å². The van der Waals surface area contributed by atoms with Crippen LogP contribution in [0.4, 0.5) is 0 Å². The molecule has 3 saturated carbocycles. The molecule has 0 heterocycles. The smallest absolute Gasteiger partial charge is 0.0233 e. The lowest BCUT2D eigenvalue weighted by Crippen LogP contribution is -2.22. The van der Waals surface area contributed by atoms with Crippen LogP contribution >= 0.6 is 0 Å². The lowest BCUT2D eigenvalue weighted by Gasteiger charge is -2.35. The van der Waals surface area contributed by atoms with Crippen molar-refractivity contribution in [1.29, 1.82) is 0 Å². The number of allylic oxidation sites excluding steroid dienone is 2. The largest absolute Gasteiger partial charge is 0.0914 e. The van der Waals surface area contributed by atoms with Crippen molar-refractivity contribution in [3.63, 3.8) is 0 Å². The Morgan fingerprint density at radius 1 is 0.583 bits per heavy atom. The Balaban J connectivity index is 1.31. The topological polar surface area (TPSA) is 0 Å². The minimum Gasteiger partial charge on any atom is -0.0914 e. The first-order chi connectivity index (χ1) is 11.7. The van der Waals surface area contributed by atoms with Crippen molar-refractivity contribution in [2.75, 3.05) is 0 Å². The maximum Gasteiger partial charge on any atom is -0.0233 e. The summed E-state index contributed by atoms with van der Waals surface area (Å²) in [5.41, 5.74) is 0. The molecule has 3 aliphatic carbocycles. The molecule has 0 amide bonds. The zero-order chi connectivity index (χ0) is 16.8. The molecule has 24 heavy (non-hydrogen) atoms. The minimum absolute atomic E-state index is 0.903.